The summed E-state index contributed by atoms with van der Waals surface area (Å²) >= 11 is 2.27. The van der Waals surface area contributed by atoms with Crippen molar-refractivity contribution in [1.82, 2.24) is 0 Å². The van der Waals surface area contributed by atoms with Gasteiger partial charge in [-0.3, -0.25) is 3.11 Å². The van der Waals surface area contributed by atoms with Gasteiger partial charge in [-0.1, -0.05) is 24.3 Å². The Kier molecular flexibility index (Phi) is 2.15. The SMILES string of the molecule is C=C1C=Cc2cc(C)ccc2N1I. The van der Waals surface area contributed by atoms with Crippen LogP contribution >= 0.6 is 22.9 Å². The van der Waals surface area contributed by atoms with E-state index in [9.17, 15) is 0 Å². The molecule has 1 aromatic rings. The molecule has 2 rings (SSSR count). The molecule has 1 heterocycles. The lowest BCUT2D eigenvalue weighted by molar-refractivity contribution is 1.34. The van der Waals surface area contributed by atoms with Crippen LogP contribution in [-0.4, -0.2) is 0 Å². The quantitative estimate of drug-likeness (QED) is 0.518. The summed E-state index contributed by atoms with van der Waals surface area (Å²) in [5, 5.41) is 0. The molecule has 1 aliphatic rings. The van der Waals surface area contributed by atoms with E-state index in [1.807, 2.05) is 6.08 Å². The summed E-state index contributed by atoms with van der Waals surface area (Å²) in [5.74, 6) is 0. The molecule has 1 nitrogen and oxygen atoms in total. The maximum absolute atomic E-state index is 3.95. The molecule has 0 bridgehead atoms. The molecule has 0 aliphatic carbocycles. The van der Waals surface area contributed by atoms with E-state index in [4.69, 9.17) is 0 Å². The second-order valence-electron chi connectivity index (χ2n) is 3.17. The summed E-state index contributed by atoms with van der Waals surface area (Å²) in [6.45, 7) is 6.05. The fourth-order valence-electron chi connectivity index (χ4n) is 1.39. The van der Waals surface area contributed by atoms with Crippen molar-refractivity contribution < 1.29 is 0 Å². The van der Waals surface area contributed by atoms with E-state index in [1.54, 1.807) is 0 Å². The van der Waals surface area contributed by atoms with Gasteiger partial charge < -0.3 is 0 Å². The van der Waals surface area contributed by atoms with Crippen LogP contribution in [0, 0.1) is 6.92 Å². The summed E-state index contributed by atoms with van der Waals surface area (Å²) in [6, 6.07) is 6.44. The fourth-order valence-corrected chi connectivity index (χ4v) is 1.99. The van der Waals surface area contributed by atoms with E-state index in [-0.39, 0.29) is 0 Å². The van der Waals surface area contributed by atoms with Crippen LogP contribution in [0.4, 0.5) is 5.69 Å². The number of nitrogens with zero attached hydrogens (tertiary/aromatic N) is 1. The average molecular weight is 283 g/mol. The van der Waals surface area contributed by atoms with Gasteiger partial charge in [-0.15, -0.1) is 0 Å². The minimum absolute atomic E-state index is 1.02. The lowest BCUT2D eigenvalue weighted by atomic mass is 10.1. The summed E-state index contributed by atoms with van der Waals surface area (Å²) in [6.07, 6.45) is 4.15. The normalized spacial score (nSPS) is 14.6. The molecule has 0 atom stereocenters. The molecule has 0 saturated heterocycles. The highest BCUT2D eigenvalue weighted by Crippen LogP contribution is 2.33. The van der Waals surface area contributed by atoms with Gasteiger partial charge in [0.25, 0.3) is 0 Å². The predicted octanol–water partition coefficient (Wildman–Crippen LogP) is 3.69. The van der Waals surface area contributed by atoms with Gasteiger partial charge in [0, 0.05) is 5.70 Å². The van der Waals surface area contributed by atoms with E-state index in [0.29, 0.717) is 0 Å². The summed E-state index contributed by atoms with van der Waals surface area (Å²) in [7, 11) is 0. The molecule has 2 heteroatoms. The molecule has 0 aromatic heterocycles. The maximum Gasteiger partial charge on any atom is 0.0646 e. The molecule has 13 heavy (non-hydrogen) atoms. The summed E-state index contributed by atoms with van der Waals surface area (Å²) in [4.78, 5) is 0. The van der Waals surface area contributed by atoms with E-state index in [1.165, 1.54) is 16.8 Å². The second kappa shape index (κ2) is 3.18. The van der Waals surface area contributed by atoms with Crippen LogP contribution in [0.3, 0.4) is 0 Å². The number of aryl methyl sites for hydroxylation is 1. The number of anilines is 1. The van der Waals surface area contributed by atoms with E-state index in [2.05, 4.69) is 63.8 Å². The highest BCUT2D eigenvalue weighted by Gasteiger charge is 2.12. The van der Waals surface area contributed by atoms with Crippen LogP contribution in [-0.2, 0) is 0 Å². The van der Waals surface area contributed by atoms with Crippen LogP contribution < -0.4 is 3.11 Å². The zero-order valence-electron chi connectivity index (χ0n) is 7.42. The highest BCUT2D eigenvalue weighted by atomic mass is 127. The first-order valence-electron chi connectivity index (χ1n) is 4.12. The minimum Gasteiger partial charge on any atom is -0.283 e. The number of benzene rings is 1. The smallest absolute Gasteiger partial charge is 0.0646 e. The Labute approximate surface area is 92.2 Å². The number of fused-ring (bicyclic) bond motifs is 1. The lowest BCUT2D eigenvalue weighted by Gasteiger charge is -2.23. The highest BCUT2D eigenvalue weighted by molar-refractivity contribution is 14.1. The van der Waals surface area contributed by atoms with Gasteiger partial charge in [-0.05, 0) is 30.7 Å². The van der Waals surface area contributed by atoms with Crippen LogP contribution in [0.5, 0.6) is 0 Å². The Morgan fingerprint density at radius 1 is 1.31 bits per heavy atom. The zero-order valence-corrected chi connectivity index (χ0v) is 9.58. The molecular formula is C11H10IN. The van der Waals surface area contributed by atoms with Crippen molar-refractivity contribution in [3.05, 3.63) is 47.7 Å². The maximum atomic E-state index is 3.95. The van der Waals surface area contributed by atoms with Crippen molar-refractivity contribution >= 4 is 34.6 Å². The molecule has 66 valence electrons. The third-order valence-electron chi connectivity index (χ3n) is 2.10. The topological polar surface area (TPSA) is 3.24 Å². The summed E-state index contributed by atoms with van der Waals surface area (Å²) in [5.41, 5.74) is 4.80. The largest absolute Gasteiger partial charge is 0.283 e. The van der Waals surface area contributed by atoms with Gasteiger partial charge >= 0.3 is 0 Å². The Morgan fingerprint density at radius 3 is 2.85 bits per heavy atom. The van der Waals surface area contributed by atoms with Crippen molar-refractivity contribution in [1.29, 1.82) is 0 Å². The summed E-state index contributed by atoms with van der Waals surface area (Å²) < 4.78 is 2.08. The Bertz CT molecular complexity index is 393. The van der Waals surface area contributed by atoms with Crippen molar-refractivity contribution in [3.63, 3.8) is 0 Å². The first kappa shape index (κ1) is 8.81. The van der Waals surface area contributed by atoms with Gasteiger partial charge in [0.1, 0.15) is 0 Å². The monoisotopic (exact) mass is 283 g/mol. The molecule has 0 radical (unpaired) electrons. The van der Waals surface area contributed by atoms with Gasteiger partial charge in [0.15, 0.2) is 0 Å². The van der Waals surface area contributed by atoms with Gasteiger partial charge in [-0.25, -0.2) is 0 Å². The molecule has 1 aliphatic heterocycles. The molecule has 0 unspecified atom stereocenters. The first-order chi connectivity index (χ1) is 6.18. The molecular weight excluding hydrogens is 273 g/mol. The molecule has 0 fully saturated rings. The van der Waals surface area contributed by atoms with Crippen molar-refractivity contribution in [3.8, 4) is 0 Å². The number of hydrogen-bond acceptors (Lipinski definition) is 1. The zero-order chi connectivity index (χ0) is 9.42. The van der Waals surface area contributed by atoms with Crippen LogP contribution in [0.2, 0.25) is 0 Å². The first-order valence-corrected chi connectivity index (χ1v) is 5.08. The molecule has 0 N–H and O–H groups in total. The number of hydrogen-bond donors (Lipinski definition) is 0. The Morgan fingerprint density at radius 2 is 2.08 bits per heavy atom. The van der Waals surface area contributed by atoms with Crippen LogP contribution in [0.15, 0.2) is 36.6 Å². The molecule has 0 saturated carbocycles. The Hall–Kier alpha value is -0.770. The van der Waals surface area contributed by atoms with Crippen LogP contribution in [0.1, 0.15) is 11.1 Å². The predicted molar refractivity (Wildman–Crippen MR) is 65.9 cm³/mol. The van der Waals surface area contributed by atoms with E-state index >= 15 is 0 Å². The molecule has 1 aromatic carbocycles. The van der Waals surface area contributed by atoms with E-state index < -0.39 is 0 Å². The number of rotatable bonds is 0. The average Bonchev–Trinajstić information content (AvgIpc) is 2.12. The van der Waals surface area contributed by atoms with Crippen molar-refractivity contribution in [2.24, 2.45) is 0 Å². The van der Waals surface area contributed by atoms with Crippen molar-refractivity contribution in [2.75, 3.05) is 3.11 Å². The van der Waals surface area contributed by atoms with Crippen LogP contribution in [0.25, 0.3) is 6.08 Å². The van der Waals surface area contributed by atoms with Crippen molar-refractivity contribution in [2.45, 2.75) is 6.92 Å². The van der Waals surface area contributed by atoms with Gasteiger partial charge in [-0.2, -0.15) is 0 Å². The number of allylic oxidation sites excluding steroid dienone is 1. The minimum atomic E-state index is 1.02. The van der Waals surface area contributed by atoms with Gasteiger partial charge in [0.05, 0.1) is 28.6 Å². The molecule has 0 amide bonds. The van der Waals surface area contributed by atoms with E-state index in [0.717, 1.165) is 5.70 Å². The molecule has 0 spiro atoms. The lowest BCUT2D eigenvalue weighted by Crippen LogP contribution is -2.10. The second-order valence-corrected chi connectivity index (χ2v) is 4.13. The Balaban J connectivity index is 2.59. The van der Waals surface area contributed by atoms with Gasteiger partial charge in [0.2, 0.25) is 0 Å². The third-order valence-corrected chi connectivity index (χ3v) is 3.24. The number of halogens is 1. The standard InChI is InChI=1S/C11H10IN/c1-8-3-6-11-10(7-8)5-4-9(2)13(11)12/h3-7H,2H2,1H3. The third kappa shape index (κ3) is 1.50. The fraction of sp³-hybridized carbons (Fsp3) is 0.0909.